The Kier molecular flexibility index (Phi) is 1.97. The van der Waals surface area contributed by atoms with Crippen LogP contribution in [-0.4, -0.2) is 22.4 Å². The number of rotatable bonds is 1. The van der Waals surface area contributed by atoms with Gasteiger partial charge in [0.25, 0.3) is 0 Å². The van der Waals surface area contributed by atoms with Crippen LogP contribution in [-0.2, 0) is 0 Å². The van der Waals surface area contributed by atoms with Crippen molar-refractivity contribution < 1.29 is 10.2 Å². The van der Waals surface area contributed by atoms with Crippen LogP contribution in [0.3, 0.4) is 0 Å². The summed E-state index contributed by atoms with van der Waals surface area (Å²) in [5, 5.41) is 19.4. The van der Waals surface area contributed by atoms with E-state index >= 15 is 0 Å². The molecule has 2 heteroatoms. The molecular weight excluding hydrogens is 164 g/mol. The van der Waals surface area contributed by atoms with Gasteiger partial charge in [-0.15, -0.1) is 0 Å². The monoisotopic (exact) mass is 184 g/mol. The maximum Gasteiger partial charge on any atom is 0.0551 e. The van der Waals surface area contributed by atoms with Crippen molar-refractivity contribution in [1.82, 2.24) is 0 Å². The van der Waals surface area contributed by atoms with Crippen molar-refractivity contribution in [2.75, 3.05) is 0 Å². The Morgan fingerprint density at radius 1 is 1.08 bits per heavy atom. The number of hydrogen-bond acceptors (Lipinski definition) is 2. The lowest BCUT2D eigenvalue weighted by Crippen LogP contribution is -2.28. The lowest BCUT2D eigenvalue weighted by atomic mass is 9.68. The molecule has 0 spiro atoms. The average molecular weight is 184 g/mol. The second-order valence-electron chi connectivity index (χ2n) is 5.32. The number of aliphatic hydroxyl groups is 2. The molecule has 0 heterocycles. The average Bonchev–Trinajstić information content (AvgIpc) is 2.34. The predicted molar refractivity (Wildman–Crippen MR) is 51.3 cm³/mol. The molecule has 0 radical (unpaired) electrons. The summed E-state index contributed by atoms with van der Waals surface area (Å²) in [6.45, 7) is 4.43. The summed E-state index contributed by atoms with van der Waals surface area (Å²) in [5.41, 5.74) is 0.423. The van der Waals surface area contributed by atoms with E-state index in [1.807, 2.05) is 0 Å². The molecule has 0 aromatic heterocycles. The van der Waals surface area contributed by atoms with E-state index in [-0.39, 0.29) is 23.0 Å². The fourth-order valence-corrected chi connectivity index (χ4v) is 3.89. The molecule has 0 amide bonds. The zero-order chi connectivity index (χ0) is 9.69. The van der Waals surface area contributed by atoms with E-state index in [0.717, 1.165) is 32.1 Å². The van der Waals surface area contributed by atoms with Gasteiger partial charge >= 0.3 is 0 Å². The molecule has 2 aliphatic carbocycles. The van der Waals surface area contributed by atoms with Crippen LogP contribution in [0.4, 0.5) is 0 Å². The van der Waals surface area contributed by atoms with Gasteiger partial charge in [0.1, 0.15) is 0 Å². The summed E-state index contributed by atoms with van der Waals surface area (Å²) in [7, 11) is 0. The molecular formula is C11H20O2. The lowest BCUT2D eigenvalue weighted by molar-refractivity contribution is 0.116. The normalized spacial score (nSPS) is 55.4. The Balaban J connectivity index is 2.29. The molecule has 2 saturated carbocycles. The summed E-state index contributed by atoms with van der Waals surface area (Å²) in [6.07, 6.45) is 4.41. The van der Waals surface area contributed by atoms with Crippen molar-refractivity contribution in [2.24, 2.45) is 10.8 Å². The smallest absolute Gasteiger partial charge is 0.0551 e. The Bertz CT molecular complexity index is 198. The highest BCUT2D eigenvalue weighted by molar-refractivity contribution is 5.09. The van der Waals surface area contributed by atoms with Gasteiger partial charge in [-0.05, 0) is 42.9 Å². The van der Waals surface area contributed by atoms with Gasteiger partial charge in [-0.2, -0.15) is 0 Å². The summed E-state index contributed by atoms with van der Waals surface area (Å²) in [5.74, 6) is 0. The minimum Gasteiger partial charge on any atom is -0.393 e. The summed E-state index contributed by atoms with van der Waals surface area (Å²) in [6, 6.07) is 0. The van der Waals surface area contributed by atoms with Crippen molar-refractivity contribution in [2.45, 2.75) is 58.2 Å². The van der Waals surface area contributed by atoms with Gasteiger partial charge in [0.15, 0.2) is 0 Å². The van der Waals surface area contributed by atoms with Crippen LogP contribution in [0.15, 0.2) is 0 Å². The van der Waals surface area contributed by atoms with Gasteiger partial charge in [0, 0.05) is 0 Å². The van der Waals surface area contributed by atoms with Gasteiger partial charge in [0.05, 0.1) is 12.2 Å². The topological polar surface area (TPSA) is 40.5 Å². The maximum absolute atomic E-state index is 9.70. The number of fused-ring (bicyclic) bond motifs is 1. The van der Waals surface area contributed by atoms with Crippen LogP contribution < -0.4 is 0 Å². The van der Waals surface area contributed by atoms with Gasteiger partial charge in [-0.1, -0.05) is 13.8 Å². The molecule has 0 aromatic carbocycles. The molecule has 0 bridgehead atoms. The lowest BCUT2D eigenvalue weighted by Gasteiger charge is -2.36. The van der Waals surface area contributed by atoms with Crippen molar-refractivity contribution in [3.63, 3.8) is 0 Å². The van der Waals surface area contributed by atoms with E-state index in [4.69, 9.17) is 0 Å². The van der Waals surface area contributed by atoms with Gasteiger partial charge in [0.2, 0.25) is 0 Å². The molecule has 2 N–H and O–H groups in total. The van der Waals surface area contributed by atoms with Crippen molar-refractivity contribution in [1.29, 1.82) is 0 Å². The van der Waals surface area contributed by atoms with E-state index in [0.29, 0.717) is 0 Å². The van der Waals surface area contributed by atoms with Crippen molar-refractivity contribution in [3.8, 4) is 0 Å². The van der Waals surface area contributed by atoms with E-state index in [2.05, 4.69) is 13.8 Å². The summed E-state index contributed by atoms with van der Waals surface area (Å²) >= 11 is 0. The third-order valence-corrected chi connectivity index (χ3v) is 4.58. The minimum atomic E-state index is -0.127. The maximum atomic E-state index is 9.70. The molecule has 76 valence electrons. The Morgan fingerprint density at radius 2 is 1.54 bits per heavy atom. The van der Waals surface area contributed by atoms with E-state index in [9.17, 15) is 10.2 Å². The molecule has 2 aliphatic rings. The van der Waals surface area contributed by atoms with Crippen LogP contribution >= 0.6 is 0 Å². The van der Waals surface area contributed by atoms with E-state index in [1.54, 1.807) is 0 Å². The molecule has 2 unspecified atom stereocenters. The molecule has 13 heavy (non-hydrogen) atoms. The van der Waals surface area contributed by atoms with Crippen LogP contribution in [0.2, 0.25) is 0 Å². The molecule has 2 rings (SSSR count). The molecule has 0 saturated heterocycles. The Morgan fingerprint density at radius 3 is 1.85 bits per heavy atom. The Hall–Kier alpha value is -0.0800. The zero-order valence-corrected chi connectivity index (χ0v) is 8.58. The number of hydrogen-bond donors (Lipinski definition) is 2. The van der Waals surface area contributed by atoms with Crippen LogP contribution in [0.25, 0.3) is 0 Å². The SMILES string of the molecule is CCC12CC(O)CC1(C)CC(O)C2. The number of aliphatic hydroxyl groups excluding tert-OH is 2. The second-order valence-corrected chi connectivity index (χ2v) is 5.32. The molecule has 0 aromatic rings. The van der Waals surface area contributed by atoms with E-state index < -0.39 is 0 Å². The largest absolute Gasteiger partial charge is 0.393 e. The van der Waals surface area contributed by atoms with Crippen LogP contribution in [0, 0.1) is 10.8 Å². The first kappa shape index (κ1) is 9.47. The van der Waals surface area contributed by atoms with Crippen LogP contribution in [0.5, 0.6) is 0 Å². The second kappa shape index (κ2) is 2.71. The van der Waals surface area contributed by atoms with Gasteiger partial charge in [-0.25, -0.2) is 0 Å². The van der Waals surface area contributed by atoms with Crippen molar-refractivity contribution >= 4 is 0 Å². The molecule has 2 atom stereocenters. The van der Waals surface area contributed by atoms with Gasteiger partial charge < -0.3 is 10.2 Å². The molecule has 2 nitrogen and oxygen atoms in total. The minimum absolute atomic E-state index is 0.127. The Labute approximate surface area is 80.0 Å². The fourth-order valence-electron chi connectivity index (χ4n) is 3.89. The highest BCUT2D eigenvalue weighted by Crippen LogP contribution is 2.64. The highest BCUT2D eigenvalue weighted by atomic mass is 16.3. The molecule has 2 fully saturated rings. The third-order valence-electron chi connectivity index (χ3n) is 4.58. The van der Waals surface area contributed by atoms with Gasteiger partial charge in [-0.3, -0.25) is 0 Å². The van der Waals surface area contributed by atoms with Crippen LogP contribution in [0.1, 0.15) is 46.0 Å². The first-order valence-corrected chi connectivity index (χ1v) is 5.37. The zero-order valence-electron chi connectivity index (χ0n) is 8.58. The quantitative estimate of drug-likeness (QED) is 0.651. The standard InChI is InChI=1S/C11H20O2/c1-3-11-6-8(12)4-10(11,2)5-9(13)7-11/h8-9,12-13H,3-7H2,1-2H3. The fraction of sp³-hybridized carbons (Fsp3) is 1.00. The highest BCUT2D eigenvalue weighted by Gasteiger charge is 2.59. The summed E-state index contributed by atoms with van der Waals surface area (Å²) < 4.78 is 0. The third kappa shape index (κ3) is 1.15. The molecule has 0 aliphatic heterocycles. The predicted octanol–water partition coefficient (Wildman–Crippen LogP) is 1.70. The summed E-state index contributed by atoms with van der Waals surface area (Å²) in [4.78, 5) is 0. The first-order chi connectivity index (χ1) is 6.01. The van der Waals surface area contributed by atoms with Crippen molar-refractivity contribution in [3.05, 3.63) is 0 Å². The van der Waals surface area contributed by atoms with E-state index in [1.165, 1.54) is 0 Å². The first-order valence-electron chi connectivity index (χ1n) is 5.37.